The zero-order chi connectivity index (χ0) is 8.04. The zero-order valence-electron chi connectivity index (χ0n) is 5.42. The fourth-order valence-electron chi connectivity index (χ4n) is 0.625. The van der Waals surface area contributed by atoms with Crippen molar-refractivity contribution in [2.45, 2.75) is 12.8 Å². The van der Waals surface area contributed by atoms with Gasteiger partial charge in [-0.05, 0) is 25.9 Å². The maximum atomic E-state index is 9.75. The molecule has 10 heavy (non-hydrogen) atoms. The Morgan fingerprint density at radius 2 is 1.20 bits per heavy atom. The zero-order valence-corrected chi connectivity index (χ0v) is 5.42. The molecule has 0 spiro atoms. The standard InChI is InChI=1S/C4H9N.BF4/c1-2-4-5-3-1;2-1(3,4)5/h5H,1-4H2;/q;-1. The summed E-state index contributed by atoms with van der Waals surface area (Å²) in [5.41, 5.74) is 0. The summed E-state index contributed by atoms with van der Waals surface area (Å²) < 4.78 is 39.0. The molecule has 1 aliphatic heterocycles. The summed E-state index contributed by atoms with van der Waals surface area (Å²) in [6.45, 7) is 2.50. The fourth-order valence-corrected chi connectivity index (χ4v) is 0.625. The lowest BCUT2D eigenvalue weighted by Gasteiger charge is -1.94. The van der Waals surface area contributed by atoms with Crippen molar-refractivity contribution in [3.63, 3.8) is 0 Å². The number of hydrogen-bond acceptors (Lipinski definition) is 1. The van der Waals surface area contributed by atoms with E-state index >= 15 is 0 Å². The van der Waals surface area contributed by atoms with Crippen LogP contribution < -0.4 is 5.32 Å². The van der Waals surface area contributed by atoms with Crippen LogP contribution in [0.25, 0.3) is 0 Å². The summed E-state index contributed by atoms with van der Waals surface area (Å²) in [6.07, 6.45) is 2.78. The minimum atomic E-state index is -6.00. The van der Waals surface area contributed by atoms with E-state index in [0.717, 1.165) is 0 Å². The molecule has 1 aliphatic rings. The smallest absolute Gasteiger partial charge is 0.418 e. The van der Waals surface area contributed by atoms with Crippen molar-refractivity contribution >= 4 is 7.25 Å². The average molecular weight is 158 g/mol. The number of nitrogens with one attached hydrogen (secondary N) is 1. The lowest BCUT2D eigenvalue weighted by atomic mass is 10.3. The van der Waals surface area contributed by atoms with Gasteiger partial charge < -0.3 is 22.6 Å². The molecule has 1 saturated heterocycles. The average Bonchev–Trinajstić information content (AvgIpc) is 2.07. The van der Waals surface area contributed by atoms with Crippen molar-refractivity contribution in [2.75, 3.05) is 13.1 Å². The van der Waals surface area contributed by atoms with Crippen LogP contribution in [0.4, 0.5) is 17.3 Å². The largest absolute Gasteiger partial charge is 0.673 e. The monoisotopic (exact) mass is 158 g/mol. The van der Waals surface area contributed by atoms with Crippen LogP contribution in [-0.2, 0) is 0 Å². The van der Waals surface area contributed by atoms with Crippen LogP contribution in [0.15, 0.2) is 0 Å². The third-order valence-corrected chi connectivity index (χ3v) is 0.957. The van der Waals surface area contributed by atoms with Crippen molar-refractivity contribution in [1.82, 2.24) is 5.32 Å². The Balaban J connectivity index is 0.000000162. The van der Waals surface area contributed by atoms with E-state index in [1.807, 2.05) is 0 Å². The Morgan fingerprint density at radius 3 is 1.30 bits per heavy atom. The van der Waals surface area contributed by atoms with E-state index in [4.69, 9.17) is 0 Å². The molecule has 1 N–H and O–H groups in total. The van der Waals surface area contributed by atoms with E-state index in [9.17, 15) is 17.3 Å². The van der Waals surface area contributed by atoms with Crippen molar-refractivity contribution in [3.8, 4) is 0 Å². The second-order valence-electron chi connectivity index (χ2n) is 1.95. The van der Waals surface area contributed by atoms with Crippen LogP contribution in [0.3, 0.4) is 0 Å². The quantitative estimate of drug-likeness (QED) is 0.417. The molecule has 1 heterocycles. The van der Waals surface area contributed by atoms with Crippen LogP contribution in [0, 0.1) is 0 Å². The number of hydrogen-bond donors (Lipinski definition) is 1. The topological polar surface area (TPSA) is 12.0 Å². The van der Waals surface area contributed by atoms with Gasteiger partial charge in [-0.15, -0.1) is 0 Å². The van der Waals surface area contributed by atoms with Gasteiger partial charge in [0.05, 0.1) is 0 Å². The van der Waals surface area contributed by atoms with Crippen molar-refractivity contribution in [2.24, 2.45) is 0 Å². The lowest BCUT2D eigenvalue weighted by molar-refractivity contribution is 0.368. The van der Waals surface area contributed by atoms with E-state index in [-0.39, 0.29) is 0 Å². The first-order valence-corrected chi connectivity index (χ1v) is 3.08. The van der Waals surface area contributed by atoms with Crippen LogP contribution >= 0.6 is 0 Å². The van der Waals surface area contributed by atoms with Crippen molar-refractivity contribution in [3.05, 3.63) is 0 Å². The molecule has 0 aliphatic carbocycles. The van der Waals surface area contributed by atoms with E-state index in [1.54, 1.807) is 0 Å². The third-order valence-electron chi connectivity index (χ3n) is 0.957. The van der Waals surface area contributed by atoms with E-state index in [0.29, 0.717) is 0 Å². The van der Waals surface area contributed by atoms with E-state index in [1.165, 1.54) is 25.9 Å². The van der Waals surface area contributed by atoms with Gasteiger partial charge in [0.25, 0.3) is 0 Å². The molecule has 62 valence electrons. The number of halogens is 4. The van der Waals surface area contributed by atoms with Crippen LogP contribution in [0.1, 0.15) is 12.8 Å². The lowest BCUT2D eigenvalue weighted by Crippen LogP contribution is -2.03. The van der Waals surface area contributed by atoms with Gasteiger partial charge in [-0.1, -0.05) is 0 Å². The Hall–Kier alpha value is -0.255. The molecular weight excluding hydrogens is 149 g/mol. The van der Waals surface area contributed by atoms with Gasteiger partial charge in [-0.2, -0.15) is 0 Å². The molecule has 0 radical (unpaired) electrons. The van der Waals surface area contributed by atoms with E-state index < -0.39 is 7.25 Å². The van der Waals surface area contributed by atoms with Gasteiger partial charge in [0, 0.05) is 0 Å². The molecular formula is C4H9BF4N-. The first-order valence-electron chi connectivity index (χ1n) is 3.08. The first kappa shape index (κ1) is 9.74. The molecule has 0 saturated carbocycles. The summed E-state index contributed by atoms with van der Waals surface area (Å²) >= 11 is 0. The van der Waals surface area contributed by atoms with Gasteiger partial charge in [0.2, 0.25) is 0 Å². The summed E-state index contributed by atoms with van der Waals surface area (Å²) in [4.78, 5) is 0. The summed E-state index contributed by atoms with van der Waals surface area (Å²) in [5, 5.41) is 3.22. The van der Waals surface area contributed by atoms with E-state index in [2.05, 4.69) is 5.32 Å². The number of rotatable bonds is 0. The maximum Gasteiger partial charge on any atom is 0.673 e. The summed E-state index contributed by atoms with van der Waals surface area (Å²) in [5.74, 6) is 0. The highest BCUT2D eigenvalue weighted by molar-refractivity contribution is 6.50. The third kappa shape index (κ3) is 15.6. The van der Waals surface area contributed by atoms with Gasteiger partial charge in [0.1, 0.15) is 0 Å². The molecule has 1 rings (SSSR count). The Morgan fingerprint density at radius 1 is 0.900 bits per heavy atom. The summed E-state index contributed by atoms with van der Waals surface area (Å²) in [6, 6.07) is 0. The Kier molecular flexibility index (Phi) is 4.43. The molecule has 1 nitrogen and oxygen atoms in total. The van der Waals surface area contributed by atoms with Crippen LogP contribution in [0.5, 0.6) is 0 Å². The van der Waals surface area contributed by atoms with Gasteiger partial charge >= 0.3 is 7.25 Å². The summed E-state index contributed by atoms with van der Waals surface area (Å²) in [7, 11) is -6.00. The molecule has 6 heteroatoms. The predicted molar refractivity (Wildman–Crippen MR) is 32.3 cm³/mol. The molecule has 0 amide bonds. The normalized spacial score (nSPS) is 18.0. The maximum absolute atomic E-state index is 9.75. The SMILES string of the molecule is C1CCNC1.F[B-](F)(F)F. The van der Waals surface area contributed by atoms with Crippen molar-refractivity contribution in [1.29, 1.82) is 0 Å². The molecule has 0 unspecified atom stereocenters. The van der Waals surface area contributed by atoms with Gasteiger partial charge in [0.15, 0.2) is 0 Å². The van der Waals surface area contributed by atoms with Crippen LogP contribution in [0.2, 0.25) is 0 Å². The molecule has 0 bridgehead atoms. The Bertz CT molecular complexity index is 66.2. The second-order valence-corrected chi connectivity index (χ2v) is 1.95. The Labute approximate surface area is 56.9 Å². The predicted octanol–water partition coefficient (Wildman–Crippen LogP) is 1.67. The highest BCUT2D eigenvalue weighted by Gasteiger charge is 2.20. The molecule has 0 aromatic rings. The molecule has 0 atom stereocenters. The van der Waals surface area contributed by atoms with Gasteiger partial charge in [-0.3, -0.25) is 0 Å². The molecule has 1 fully saturated rings. The second kappa shape index (κ2) is 4.54. The molecule has 0 aromatic carbocycles. The van der Waals surface area contributed by atoms with Crippen LogP contribution in [-0.4, -0.2) is 20.3 Å². The first-order chi connectivity index (χ1) is 4.50. The van der Waals surface area contributed by atoms with Crippen molar-refractivity contribution < 1.29 is 17.3 Å². The van der Waals surface area contributed by atoms with Gasteiger partial charge in [-0.25, -0.2) is 0 Å². The highest BCUT2D eigenvalue weighted by atomic mass is 19.5. The molecule has 0 aromatic heterocycles. The highest BCUT2D eigenvalue weighted by Crippen LogP contribution is 2.06. The minimum absolute atomic E-state index is 1.25. The fraction of sp³-hybridized carbons (Fsp3) is 1.00. The minimum Gasteiger partial charge on any atom is -0.418 e.